The van der Waals surface area contributed by atoms with Gasteiger partial charge in [-0.25, -0.2) is 4.39 Å². The number of nitrogens with zero attached hydrogens (tertiary/aromatic N) is 2. The van der Waals surface area contributed by atoms with Crippen molar-refractivity contribution < 1.29 is 19.4 Å². The topological polar surface area (TPSA) is 89.5 Å². The number of aliphatic carboxylic acids is 1. The van der Waals surface area contributed by atoms with E-state index in [1.54, 1.807) is 29.7 Å². The maximum absolute atomic E-state index is 13.6. The number of likely N-dealkylation sites (tertiary alicyclic amines) is 1. The van der Waals surface area contributed by atoms with Crippen LogP contribution in [0.3, 0.4) is 0 Å². The van der Waals surface area contributed by atoms with E-state index in [1.807, 2.05) is 18.2 Å². The van der Waals surface area contributed by atoms with Crippen LogP contribution in [0.25, 0.3) is 10.6 Å². The molecule has 1 aromatic carbocycles. The van der Waals surface area contributed by atoms with Crippen molar-refractivity contribution >= 4 is 17.3 Å². The smallest absolute Gasteiger partial charge is 0.313 e. The number of hydrogen-bond acceptors (Lipinski definition) is 5. The van der Waals surface area contributed by atoms with Crippen LogP contribution in [0.15, 0.2) is 48.7 Å². The van der Waals surface area contributed by atoms with Crippen LogP contribution in [-0.2, 0) is 17.8 Å². The van der Waals surface area contributed by atoms with Gasteiger partial charge in [0, 0.05) is 30.7 Å². The molecule has 6 nitrogen and oxygen atoms in total. The van der Waals surface area contributed by atoms with Crippen LogP contribution in [0.4, 0.5) is 4.39 Å². The standard InChI is InChI=1S/C21H22FN3O3S/c22-15-3-1-2-14(10-15)11-21(20(27)28)13-25(9-7-19(21)26)12-16-4-5-18(29-16)17-6-8-23-24-17/h1-6,8,10,19,26H,7,9,11-13H2,(H,23,24)(H,27,28)/t19-,21-/m1/s1. The first-order valence-electron chi connectivity index (χ1n) is 9.43. The summed E-state index contributed by atoms with van der Waals surface area (Å²) in [5, 5.41) is 27.5. The van der Waals surface area contributed by atoms with Crippen molar-refractivity contribution in [2.45, 2.75) is 25.5 Å². The molecular formula is C21H22FN3O3S. The van der Waals surface area contributed by atoms with Crippen molar-refractivity contribution in [3.05, 3.63) is 64.9 Å². The highest BCUT2D eigenvalue weighted by atomic mass is 32.1. The quantitative estimate of drug-likeness (QED) is 0.576. The molecule has 2 atom stereocenters. The van der Waals surface area contributed by atoms with Gasteiger partial charge in [-0.05, 0) is 48.7 Å². The van der Waals surface area contributed by atoms with Gasteiger partial charge in [-0.15, -0.1) is 11.3 Å². The van der Waals surface area contributed by atoms with E-state index in [9.17, 15) is 19.4 Å². The second-order valence-electron chi connectivity index (χ2n) is 7.52. The zero-order valence-corrected chi connectivity index (χ0v) is 16.5. The summed E-state index contributed by atoms with van der Waals surface area (Å²) in [5.41, 5.74) is 0.155. The summed E-state index contributed by atoms with van der Waals surface area (Å²) in [6.45, 7) is 1.41. The molecule has 0 spiro atoms. The first kappa shape index (κ1) is 19.8. The van der Waals surface area contributed by atoms with Crippen molar-refractivity contribution in [3.63, 3.8) is 0 Å². The summed E-state index contributed by atoms with van der Waals surface area (Å²) in [4.78, 5) is 16.5. The zero-order valence-electron chi connectivity index (χ0n) is 15.7. The number of aliphatic hydroxyl groups excluding tert-OH is 1. The molecule has 1 aliphatic rings. The van der Waals surface area contributed by atoms with E-state index in [4.69, 9.17) is 0 Å². The van der Waals surface area contributed by atoms with Crippen LogP contribution in [0.5, 0.6) is 0 Å². The first-order valence-corrected chi connectivity index (χ1v) is 10.2. The lowest BCUT2D eigenvalue weighted by atomic mass is 9.73. The molecule has 4 rings (SSSR count). The molecule has 3 aromatic rings. The number of aromatic amines is 1. The molecule has 29 heavy (non-hydrogen) atoms. The van der Waals surface area contributed by atoms with Gasteiger partial charge in [0.2, 0.25) is 0 Å². The normalized spacial score (nSPS) is 22.6. The number of aromatic nitrogens is 2. The van der Waals surface area contributed by atoms with E-state index in [0.717, 1.165) is 15.4 Å². The van der Waals surface area contributed by atoms with Gasteiger partial charge in [0.25, 0.3) is 0 Å². The van der Waals surface area contributed by atoms with Gasteiger partial charge in [-0.1, -0.05) is 12.1 Å². The molecule has 3 heterocycles. The SMILES string of the molecule is O=C(O)[C@]1(Cc2cccc(F)c2)CN(Cc2ccc(-c3ccn[nH]3)s2)CC[C@H]1O. The molecule has 2 aromatic heterocycles. The van der Waals surface area contributed by atoms with Gasteiger partial charge in [-0.2, -0.15) is 5.10 Å². The molecule has 0 aliphatic carbocycles. The van der Waals surface area contributed by atoms with E-state index in [1.165, 1.54) is 12.1 Å². The molecule has 3 N–H and O–H groups in total. The number of nitrogens with one attached hydrogen (secondary N) is 1. The van der Waals surface area contributed by atoms with Gasteiger partial charge in [0.05, 0.1) is 16.7 Å². The molecule has 1 saturated heterocycles. The summed E-state index contributed by atoms with van der Waals surface area (Å²) in [6.07, 6.45) is 1.17. The minimum Gasteiger partial charge on any atom is -0.481 e. The molecule has 0 amide bonds. The second-order valence-corrected chi connectivity index (χ2v) is 8.69. The lowest BCUT2D eigenvalue weighted by Gasteiger charge is -2.43. The Hall–Kier alpha value is -2.55. The number of thiophene rings is 1. The summed E-state index contributed by atoms with van der Waals surface area (Å²) < 4.78 is 13.6. The number of carboxylic acids is 1. The van der Waals surface area contributed by atoms with Gasteiger partial charge < -0.3 is 10.2 Å². The highest BCUT2D eigenvalue weighted by Gasteiger charge is 2.49. The molecule has 8 heteroatoms. The van der Waals surface area contributed by atoms with Crippen LogP contribution in [0, 0.1) is 11.2 Å². The second kappa shape index (κ2) is 8.06. The fourth-order valence-corrected chi connectivity index (χ4v) is 5.02. The van der Waals surface area contributed by atoms with Crippen molar-refractivity contribution in [2.24, 2.45) is 5.41 Å². The predicted molar refractivity (Wildman–Crippen MR) is 108 cm³/mol. The van der Waals surface area contributed by atoms with E-state index >= 15 is 0 Å². The average Bonchev–Trinajstić information content (AvgIpc) is 3.36. The molecule has 152 valence electrons. The van der Waals surface area contributed by atoms with Gasteiger partial charge in [0.15, 0.2) is 0 Å². The Kier molecular flexibility index (Phi) is 5.49. The summed E-state index contributed by atoms with van der Waals surface area (Å²) in [6, 6.07) is 11.9. The number of aliphatic hydroxyl groups is 1. The molecule has 0 unspecified atom stereocenters. The monoisotopic (exact) mass is 415 g/mol. The maximum atomic E-state index is 13.6. The number of carbonyl (C=O) groups is 1. The fraction of sp³-hybridized carbons (Fsp3) is 0.333. The van der Waals surface area contributed by atoms with Gasteiger partial charge in [0.1, 0.15) is 11.2 Å². The van der Waals surface area contributed by atoms with Crippen LogP contribution >= 0.6 is 11.3 Å². The number of rotatable bonds is 6. The molecule has 0 saturated carbocycles. The summed E-state index contributed by atoms with van der Waals surface area (Å²) >= 11 is 1.63. The third kappa shape index (κ3) is 4.10. The molecular weight excluding hydrogens is 393 g/mol. The van der Waals surface area contributed by atoms with E-state index in [2.05, 4.69) is 15.1 Å². The Bertz CT molecular complexity index is 991. The Morgan fingerprint density at radius 3 is 2.93 bits per heavy atom. The maximum Gasteiger partial charge on any atom is 0.313 e. The van der Waals surface area contributed by atoms with Crippen molar-refractivity contribution in [2.75, 3.05) is 13.1 Å². The number of carboxylic acid groups (broad SMARTS) is 1. The van der Waals surface area contributed by atoms with Crippen LogP contribution in [0.1, 0.15) is 16.9 Å². The van der Waals surface area contributed by atoms with Crippen LogP contribution < -0.4 is 0 Å². The number of benzene rings is 1. The summed E-state index contributed by atoms with van der Waals surface area (Å²) in [5.74, 6) is -1.46. The average molecular weight is 415 g/mol. The Labute approximate surface area is 171 Å². The van der Waals surface area contributed by atoms with Crippen molar-refractivity contribution in [3.8, 4) is 10.6 Å². The number of piperidine rings is 1. The minimum absolute atomic E-state index is 0.0849. The Morgan fingerprint density at radius 1 is 1.34 bits per heavy atom. The highest BCUT2D eigenvalue weighted by Crippen LogP contribution is 2.36. The van der Waals surface area contributed by atoms with Crippen LogP contribution in [-0.4, -0.2) is 50.5 Å². The Morgan fingerprint density at radius 2 is 2.21 bits per heavy atom. The lowest BCUT2D eigenvalue weighted by Crippen LogP contribution is -2.56. The largest absolute Gasteiger partial charge is 0.481 e. The lowest BCUT2D eigenvalue weighted by molar-refractivity contribution is -0.163. The number of halogens is 1. The summed E-state index contributed by atoms with van der Waals surface area (Å²) in [7, 11) is 0. The van der Waals surface area contributed by atoms with Gasteiger partial charge >= 0.3 is 5.97 Å². The molecule has 1 aliphatic heterocycles. The fourth-order valence-electron chi connectivity index (χ4n) is 3.99. The van der Waals surface area contributed by atoms with E-state index < -0.39 is 23.3 Å². The van der Waals surface area contributed by atoms with E-state index in [-0.39, 0.29) is 13.0 Å². The number of H-pyrrole nitrogens is 1. The molecule has 0 radical (unpaired) electrons. The minimum atomic E-state index is -1.37. The molecule has 0 bridgehead atoms. The first-order chi connectivity index (χ1) is 14.0. The van der Waals surface area contributed by atoms with Crippen LogP contribution in [0.2, 0.25) is 0 Å². The molecule has 1 fully saturated rings. The predicted octanol–water partition coefficient (Wildman–Crippen LogP) is 3.16. The third-order valence-corrected chi connectivity index (χ3v) is 6.61. The van der Waals surface area contributed by atoms with Crippen molar-refractivity contribution in [1.29, 1.82) is 0 Å². The third-order valence-electron chi connectivity index (χ3n) is 5.50. The zero-order chi connectivity index (χ0) is 20.4. The van der Waals surface area contributed by atoms with Crippen molar-refractivity contribution in [1.82, 2.24) is 15.1 Å². The van der Waals surface area contributed by atoms with Gasteiger partial charge in [-0.3, -0.25) is 14.8 Å². The van der Waals surface area contributed by atoms with E-state index in [0.29, 0.717) is 25.1 Å². The highest BCUT2D eigenvalue weighted by molar-refractivity contribution is 7.15. The Balaban J connectivity index is 1.53. The number of hydrogen-bond donors (Lipinski definition) is 3.